The first-order valence-electron chi connectivity index (χ1n) is 18.0. The molecule has 6 heteroatoms. The highest BCUT2D eigenvalue weighted by molar-refractivity contribution is 7.25. The van der Waals surface area contributed by atoms with Crippen LogP contribution in [0, 0.1) is 0 Å². The van der Waals surface area contributed by atoms with Gasteiger partial charge in [-0.15, -0.1) is 45.3 Å². The maximum atomic E-state index is 2.50. The van der Waals surface area contributed by atoms with Crippen LogP contribution in [0.4, 0.5) is 31.4 Å². The third kappa shape index (κ3) is 4.68. The third-order valence-corrected chi connectivity index (χ3v) is 15.0. The molecule has 0 spiro atoms. The van der Waals surface area contributed by atoms with Crippen LogP contribution in [-0.4, -0.2) is 0 Å². The van der Waals surface area contributed by atoms with Crippen molar-refractivity contribution in [2.45, 2.75) is 0 Å². The van der Waals surface area contributed by atoms with Crippen LogP contribution in [0.25, 0.3) is 72.7 Å². The van der Waals surface area contributed by atoms with Gasteiger partial charge in [-0.2, -0.15) is 0 Å². The maximum Gasteiger partial charge on any atom is 0.102 e. The molecule has 0 radical (unpaired) electrons. The van der Waals surface area contributed by atoms with E-state index in [4.69, 9.17) is 0 Å². The van der Waals surface area contributed by atoms with Crippen molar-refractivity contribution in [3.63, 3.8) is 0 Å². The summed E-state index contributed by atoms with van der Waals surface area (Å²) >= 11 is 7.43. The summed E-state index contributed by atoms with van der Waals surface area (Å²) in [5.41, 5.74) is 2.40. The second-order valence-electron chi connectivity index (χ2n) is 13.8. The van der Waals surface area contributed by atoms with Gasteiger partial charge < -0.3 is 0 Å². The summed E-state index contributed by atoms with van der Waals surface area (Å²) in [7, 11) is 0. The minimum absolute atomic E-state index is 1.20. The molecule has 0 aliphatic rings. The number of benzene rings is 8. The molecule has 12 rings (SSSR count). The molecule has 54 heavy (non-hydrogen) atoms. The number of rotatable bonds is 6. The van der Waals surface area contributed by atoms with E-state index in [0.29, 0.717) is 0 Å². The molecule has 0 N–H and O–H groups in total. The monoisotopic (exact) mass is 760 g/mol. The van der Waals surface area contributed by atoms with Gasteiger partial charge in [-0.05, 0) is 104 Å². The number of nitrogens with zero attached hydrogens (tertiary/aromatic N) is 2. The molecule has 0 saturated heterocycles. The highest BCUT2D eigenvalue weighted by Crippen LogP contribution is 2.52. The van der Waals surface area contributed by atoms with Crippen molar-refractivity contribution in [3.05, 3.63) is 170 Å². The Labute approximate surface area is 326 Å². The Morgan fingerprint density at radius 2 is 0.574 bits per heavy atom. The molecule has 0 aliphatic carbocycles. The van der Waals surface area contributed by atoms with Crippen molar-refractivity contribution in [3.8, 4) is 0 Å². The van der Waals surface area contributed by atoms with Crippen LogP contribution in [0.2, 0.25) is 0 Å². The van der Waals surface area contributed by atoms with Crippen LogP contribution in [0.15, 0.2) is 170 Å². The van der Waals surface area contributed by atoms with E-state index in [1.165, 1.54) is 104 Å². The second-order valence-corrected chi connectivity index (χ2v) is 18.0. The quantitative estimate of drug-likeness (QED) is 0.156. The standard InChI is InChI=1S/C48H28N2S4/c1-5-13-39-31(9-1)25-43(51-39)49(44-26-32-10-2-6-14-40(32)52-44)37-23-19-29-18-22-36-38(24-20-30-17-21-35(37)47(29)48(30)36)50(45-27-33-11-3-7-15-41(33)53-45)46-28-34-12-4-8-16-42(34)54-46/h1-28H. The summed E-state index contributed by atoms with van der Waals surface area (Å²) in [6.07, 6.45) is 0. The Hall–Kier alpha value is -5.76. The van der Waals surface area contributed by atoms with E-state index >= 15 is 0 Å². The fourth-order valence-electron chi connectivity index (χ4n) is 8.16. The van der Waals surface area contributed by atoms with Gasteiger partial charge in [0.15, 0.2) is 0 Å². The Morgan fingerprint density at radius 3 is 0.889 bits per heavy atom. The SMILES string of the molecule is c1ccc2sc(N(c3cc4ccccc4s3)c3ccc4ccc5c(N(c6cc7ccccc7s6)c6cc7ccccc7s6)ccc6ccc3c4c65)cc2c1. The van der Waals surface area contributed by atoms with E-state index in [1.807, 2.05) is 45.3 Å². The number of anilines is 6. The van der Waals surface area contributed by atoms with Crippen molar-refractivity contribution in [2.24, 2.45) is 0 Å². The first-order valence-corrected chi connectivity index (χ1v) is 21.3. The predicted molar refractivity (Wildman–Crippen MR) is 241 cm³/mol. The van der Waals surface area contributed by atoms with E-state index in [9.17, 15) is 0 Å². The molecule has 0 unspecified atom stereocenters. The van der Waals surface area contributed by atoms with Gasteiger partial charge >= 0.3 is 0 Å². The molecule has 0 atom stereocenters. The lowest BCUT2D eigenvalue weighted by Crippen LogP contribution is -2.08. The first kappa shape index (κ1) is 30.7. The number of thiophene rings is 4. The van der Waals surface area contributed by atoms with Gasteiger partial charge in [-0.25, -0.2) is 0 Å². The molecular weight excluding hydrogens is 733 g/mol. The van der Waals surface area contributed by atoms with Gasteiger partial charge in [0.2, 0.25) is 0 Å². The second kappa shape index (κ2) is 11.9. The van der Waals surface area contributed by atoms with Crippen LogP contribution in [-0.2, 0) is 0 Å². The number of hydrogen-bond donors (Lipinski definition) is 0. The Kier molecular flexibility index (Phi) is 6.74. The van der Waals surface area contributed by atoms with Crippen LogP contribution in [0.3, 0.4) is 0 Å². The highest BCUT2D eigenvalue weighted by atomic mass is 32.1. The van der Waals surface area contributed by atoms with E-state index in [2.05, 4.69) is 180 Å². The zero-order chi connectivity index (χ0) is 35.3. The molecule has 2 nitrogen and oxygen atoms in total. The summed E-state index contributed by atoms with van der Waals surface area (Å²) < 4.78 is 5.18. The van der Waals surface area contributed by atoms with Gasteiger partial charge in [0.25, 0.3) is 0 Å². The molecule has 0 amide bonds. The van der Waals surface area contributed by atoms with Crippen molar-refractivity contribution in [2.75, 3.05) is 9.80 Å². The number of fused-ring (bicyclic) bond motifs is 4. The normalized spacial score (nSPS) is 12.1. The van der Waals surface area contributed by atoms with E-state index < -0.39 is 0 Å². The first-order chi connectivity index (χ1) is 26.7. The minimum Gasteiger partial charge on any atom is -0.292 e. The fourth-order valence-corrected chi connectivity index (χ4v) is 12.6. The predicted octanol–water partition coefficient (Wildman–Crippen LogP) is 16.4. The topological polar surface area (TPSA) is 6.48 Å². The van der Waals surface area contributed by atoms with Crippen LogP contribution < -0.4 is 9.80 Å². The van der Waals surface area contributed by atoms with Crippen LogP contribution >= 0.6 is 45.3 Å². The Balaban J connectivity index is 1.12. The highest BCUT2D eigenvalue weighted by Gasteiger charge is 2.25. The van der Waals surface area contributed by atoms with Crippen LogP contribution in [0.1, 0.15) is 0 Å². The lowest BCUT2D eigenvalue weighted by atomic mass is 9.92. The van der Waals surface area contributed by atoms with Gasteiger partial charge in [-0.3, -0.25) is 9.80 Å². The average Bonchev–Trinajstić information content (AvgIpc) is 4.02. The molecular formula is C48H28N2S4. The fraction of sp³-hybridized carbons (Fsp3) is 0. The lowest BCUT2D eigenvalue weighted by molar-refractivity contribution is 1.38. The molecule has 4 aromatic heterocycles. The maximum absolute atomic E-state index is 2.50. The molecule has 0 bridgehead atoms. The van der Waals surface area contributed by atoms with Crippen molar-refractivity contribution < 1.29 is 0 Å². The molecule has 0 aliphatic heterocycles. The van der Waals surface area contributed by atoms with Gasteiger partial charge in [-0.1, -0.05) is 109 Å². The lowest BCUT2D eigenvalue weighted by Gasteiger charge is -2.26. The van der Waals surface area contributed by atoms with Gasteiger partial charge in [0.05, 0.1) is 11.4 Å². The summed E-state index contributed by atoms with van der Waals surface area (Å²) in [5, 5.41) is 17.6. The summed E-state index contributed by atoms with van der Waals surface area (Å²) in [4.78, 5) is 5.01. The molecule has 8 aromatic carbocycles. The molecule has 4 heterocycles. The van der Waals surface area contributed by atoms with Crippen LogP contribution in [0.5, 0.6) is 0 Å². The zero-order valence-electron chi connectivity index (χ0n) is 28.7. The van der Waals surface area contributed by atoms with Gasteiger partial charge in [0.1, 0.15) is 20.0 Å². The minimum atomic E-state index is 1.20. The Bertz CT molecular complexity index is 2870. The molecule has 0 fully saturated rings. The smallest absolute Gasteiger partial charge is 0.102 e. The van der Waals surface area contributed by atoms with E-state index in [-0.39, 0.29) is 0 Å². The van der Waals surface area contributed by atoms with Crippen molar-refractivity contribution >= 4 is 149 Å². The zero-order valence-corrected chi connectivity index (χ0v) is 32.0. The van der Waals surface area contributed by atoms with Crippen molar-refractivity contribution in [1.82, 2.24) is 0 Å². The summed E-state index contributed by atoms with van der Waals surface area (Å²) in [6, 6.07) is 63.0. The van der Waals surface area contributed by atoms with E-state index in [1.54, 1.807) is 0 Å². The number of hydrogen-bond acceptors (Lipinski definition) is 6. The summed E-state index contributed by atoms with van der Waals surface area (Å²) in [5.74, 6) is 0. The average molecular weight is 761 g/mol. The largest absolute Gasteiger partial charge is 0.292 e. The van der Waals surface area contributed by atoms with E-state index in [0.717, 1.165) is 0 Å². The molecule has 12 aromatic rings. The van der Waals surface area contributed by atoms with Crippen molar-refractivity contribution in [1.29, 1.82) is 0 Å². The van der Waals surface area contributed by atoms with Gasteiger partial charge in [0, 0.05) is 29.6 Å². The Morgan fingerprint density at radius 1 is 0.278 bits per heavy atom. The third-order valence-electron chi connectivity index (χ3n) is 10.6. The molecule has 0 saturated carbocycles. The molecule has 254 valence electrons. The summed E-state index contributed by atoms with van der Waals surface area (Å²) in [6.45, 7) is 0.